The molecule has 3 rings (SSSR count). The molecule has 2 aromatic carbocycles. The maximum absolute atomic E-state index is 12.8. The van der Waals surface area contributed by atoms with Crippen LogP contribution in [0.2, 0.25) is 0 Å². The molecule has 2 aromatic rings. The lowest BCUT2D eigenvalue weighted by Crippen LogP contribution is -2.30. The highest BCUT2D eigenvalue weighted by Crippen LogP contribution is 2.42. The van der Waals surface area contributed by atoms with E-state index in [0.29, 0.717) is 0 Å². The van der Waals surface area contributed by atoms with E-state index >= 15 is 0 Å². The third-order valence-electron chi connectivity index (χ3n) is 4.70. The fourth-order valence-corrected chi connectivity index (χ4v) is 3.40. The van der Waals surface area contributed by atoms with Crippen molar-refractivity contribution >= 4 is 5.69 Å². The molecule has 0 unspecified atom stereocenters. The number of ether oxygens (including phenoxy) is 4. The molecule has 0 radical (unpaired) electrons. The lowest BCUT2D eigenvalue weighted by molar-refractivity contribution is 0.156. The van der Waals surface area contributed by atoms with Gasteiger partial charge in [-0.3, -0.25) is 0 Å². The van der Waals surface area contributed by atoms with E-state index in [4.69, 9.17) is 18.9 Å². The summed E-state index contributed by atoms with van der Waals surface area (Å²) in [6.45, 7) is -1.31. The zero-order chi connectivity index (χ0) is 20.5. The second kappa shape index (κ2) is 10.7. The molecule has 8 heteroatoms. The molecule has 1 fully saturated rings. The van der Waals surface area contributed by atoms with Crippen LogP contribution >= 0.6 is 0 Å². The summed E-state index contributed by atoms with van der Waals surface area (Å²) in [5, 5.41) is 0. The van der Waals surface area contributed by atoms with Crippen LogP contribution in [-0.2, 0) is 6.61 Å². The van der Waals surface area contributed by atoms with E-state index in [2.05, 4.69) is 4.90 Å². The third kappa shape index (κ3) is 5.40. The van der Waals surface area contributed by atoms with Crippen LogP contribution in [-0.4, -0.2) is 33.7 Å². The number of rotatable bonds is 10. The minimum absolute atomic E-state index is 0.0143. The van der Waals surface area contributed by atoms with Gasteiger partial charge < -0.3 is 23.8 Å². The van der Waals surface area contributed by atoms with Crippen LogP contribution in [0.1, 0.15) is 24.8 Å². The summed E-state index contributed by atoms with van der Waals surface area (Å²) in [5.74, 6) is -0.0740. The van der Waals surface area contributed by atoms with Gasteiger partial charge in [-0.2, -0.15) is 0 Å². The Labute approximate surface area is 167 Å². The SMILES string of the molecule is FCOc1cc(OCF)c(OCc2ccccc2N2CCCCC2)c(OCF)c1. The van der Waals surface area contributed by atoms with Gasteiger partial charge in [0, 0.05) is 36.5 Å². The van der Waals surface area contributed by atoms with Crippen molar-refractivity contribution in [3.05, 3.63) is 42.0 Å². The van der Waals surface area contributed by atoms with Gasteiger partial charge >= 0.3 is 0 Å². The van der Waals surface area contributed by atoms with Crippen molar-refractivity contribution in [1.29, 1.82) is 0 Å². The molecule has 1 saturated heterocycles. The van der Waals surface area contributed by atoms with Crippen LogP contribution in [0.5, 0.6) is 23.0 Å². The van der Waals surface area contributed by atoms with E-state index in [9.17, 15) is 13.2 Å². The molecule has 0 N–H and O–H groups in total. The van der Waals surface area contributed by atoms with Crippen molar-refractivity contribution in [3.63, 3.8) is 0 Å². The van der Waals surface area contributed by atoms with Crippen molar-refractivity contribution in [2.24, 2.45) is 0 Å². The summed E-state index contributed by atoms with van der Waals surface area (Å²) in [5.41, 5.74) is 1.99. The van der Waals surface area contributed by atoms with Gasteiger partial charge in [0.25, 0.3) is 0 Å². The lowest BCUT2D eigenvalue weighted by Gasteiger charge is -2.30. The first kappa shape index (κ1) is 21.0. The molecule has 1 heterocycles. The number of hydrogen-bond donors (Lipinski definition) is 0. The highest BCUT2D eigenvalue weighted by molar-refractivity contribution is 5.57. The van der Waals surface area contributed by atoms with Gasteiger partial charge in [-0.25, -0.2) is 13.2 Å². The Kier molecular flexibility index (Phi) is 7.72. The molecule has 5 nitrogen and oxygen atoms in total. The Bertz CT molecular complexity index is 757. The Hall–Kier alpha value is -2.77. The fraction of sp³-hybridized carbons (Fsp3) is 0.429. The average molecular weight is 411 g/mol. The van der Waals surface area contributed by atoms with Crippen molar-refractivity contribution in [2.75, 3.05) is 38.6 Å². The van der Waals surface area contributed by atoms with Gasteiger partial charge in [0.1, 0.15) is 12.4 Å². The number of alkyl halides is 3. The molecule has 1 aliphatic rings. The number of piperidine rings is 1. The Balaban J connectivity index is 1.86. The van der Waals surface area contributed by atoms with Gasteiger partial charge in [-0.1, -0.05) is 18.2 Å². The molecule has 0 aromatic heterocycles. The average Bonchev–Trinajstić information content (AvgIpc) is 2.75. The van der Waals surface area contributed by atoms with Crippen LogP contribution in [0.25, 0.3) is 0 Å². The van der Waals surface area contributed by atoms with E-state index in [-0.39, 0.29) is 29.6 Å². The first-order valence-corrected chi connectivity index (χ1v) is 9.46. The first-order valence-electron chi connectivity index (χ1n) is 9.46. The van der Waals surface area contributed by atoms with Crippen LogP contribution < -0.4 is 23.8 Å². The van der Waals surface area contributed by atoms with E-state index in [1.807, 2.05) is 24.3 Å². The predicted octanol–water partition coefficient (Wildman–Crippen LogP) is 5.17. The van der Waals surface area contributed by atoms with Gasteiger partial charge in [0.2, 0.25) is 26.3 Å². The summed E-state index contributed by atoms with van der Waals surface area (Å²) in [6.07, 6.45) is 3.48. The first-order chi connectivity index (χ1) is 14.3. The molecule has 158 valence electrons. The second-order valence-electron chi connectivity index (χ2n) is 6.47. The zero-order valence-electron chi connectivity index (χ0n) is 16.0. The molecule has 0 aliphatic carbocycles. The summed E-state index contributed by atoms with van der Waals surface area (Å²) in [7, 11) is 0. The Morgan fingerprint density at radius 2 is 1.38 bits per heavy atom. The quantitative estimate of drug-likeness (QED) is 0.539. The number of nitrogens with zero attached hydrogens (tertiary/aromatic N) is 1. The maximum Gasteiger partial charge on any atom is 0.228 e. The summed E-state index contributed by atoms with van der Waals surface area (Å²) < 4.78 is 58.7. The predicted molar refractivity (Wildman–Crippen MR) is 103 cm³/mol. The summed E-state index contributed by atoms with van der Waals surface area (Å²) in [4.78, 5) is 2.30. The van der Waals surface area contributed by atoms with E-state index in [1.165, 1.54) is 18.6 Å². The van der Waals surface area contributed by atoms with E-state index in [1.54, 1.807) is 0 Å². The minimum atomic E-state index is -1.14. The van der Waals surface area contributed by atoms with Crippen molar-refractivity contribution < 1.29 is 32.1 Å². The standard InChI is InChI=1S/C21H24F3NO4/c22-13-27-17-10-19(28-14-23)21(20(11-17)29-15-24)26-12-16-6-2-3-7-18(16)25-8-4-1-5-9-25/h2-3,6-7,10-11H,1,4-5,8-9,12-15H2. The smallest absolute Gasteiger partial charge is 0.228 e. The fourth-order valence-electron chi connectivity index (χ4n) is 3.40. The van der Waals surface area contributed by atoms with E-state index < -0.39 is 20.6 Å². The Morgan fingerprint density at radius 3 is 2.00 bits per heavy atom. The third-order valence-corrected chi connectivity index (χ3v) is 4.70. The molecule has 0 amide bonds. The molecule has 0 spiro atoms. The normalized spacial score (nSPS) is 13.8. The molecule has 29 heavy (non-hydrogen) atoms. The molecule has 0 atom stereocenters. The second-order valence-corrected chi connectivity index (χ2v) is 6.47. The van der Waals surface area contributed by atoms with Crippen LogP contribution in [0.15, 0.2) is 36.4 Å². The topological polar surface area (TPSA) is 40.2 Å². The molecular weight excluding hydrogens is 387 g/mol. The molecule has 0 bridgehead atoms. The molecule has 1 aliphatic heterocycles. The highest BCUT2D eigenvalue weighted by atomic mass is 19.1. The zero-order valence-corrected chi connectivity index (χ0v) is 16.0. The Morgan fingerprint density at radius 1 is 0.759 bits per heavy atom. The minimum Gasteiger partial charge on any atom is -0.481 e. The largest absolute Gasteiger partial charge is 0.481 e. The van der Waals surface area contributed by atoms with E-state index in [0.717, 1.165) is 37.2 Å². The van der Waals surface area contributed by atoms with Crippen molar-refractivity contribution in [3.8, 4) is 23.0 Å². The molecular formula is C21H24F3NO4. The van der Waals surface area contributed by atoms with Crippen molar-refractivity contribution in [1.82, 2.24) is 0 Å². The van der Waals surface area contributed by atoms with Gasteiger partial charge in [-0.05, 0) is 25.3 Å². The van der Waals surface area contributed by atoms with Crippen molar-refractivity contribution in [2.45, 2.75) is 25.9 Å². The lowest BCUT2D eigenvalue weighted by atomic mass is 10.1. The summed E-state index contributed by atoms with van der Waals surface area (Å²) >= 11 is 0. The number of halogens is 3. The highest BCUT2D eigenvalue weighted by Gasteiger charge is 2.19. The van der Waals surface area contributed by atoms with Gasteiger partial charge in [0.15, 0.2) is 11.5 Å². The monoisotopic (exact) mass is 411 g/mol. The summed E-state index contributed by atoms with van der Waals surface area (Å²) in [6, 6.07) is 10.4. The van der Waals surface area contributed by atoms with Crippen LogP contribution in [0.4, 0.5) is 18.9 Å². The maximum atomic E-state index is 12.8. The molecule has 0 saturated carbocycles. The number of benzene rings is 2. The number of para-hydroxylation sites is 1. The van der Waals surface area contributed by atoms with Gasteiger partial charge in [-0.15, -0.1) is 0 Å². The number of hydrogen-bond acceptors (Lipinski definition) is 5. The number of anilines is 1. The van der Waals surface area contributed by atoms with Gasteiger partial charge in [0.05, 0.1) is 0 Å². The van der Waals surface area contributed by atoms with Crippen LogP contribution in [0.3, 0.4) is 0 Å². The van der Waals surface area contributed by atoms with Crippen LogP contribution in [0, 0.1) is 0 Å².